The van der Waals surface area contributed by atoms with Gasteiger partial charge < -0.3 is 9.77 Å². The molecule has 4 nitrogen and oxygen atoms in total. The molecule has 3 aromatic rings. The first kappa shape index (κ1) is 10.1. The summed E-state index contributed by atoms with van der Waals surface area (Å²) in [5, 5.41) is 12.8. The third-order valence-corrected chi connectivity index (χ3v) is 3.14. The molecule has 0 unspecified atom stereocenters. The Balaban J connectivity index is 2.60. The molecule has 17 heavy (non-hydrogen) atoms. The molecule has 0 amide bonds. The van der Waals surface area contributed by atoms with Crippen LogP contribution in [0, 0.1) is 12.1 Å². The van der Waals surface area contributed by atoms with E-state index in [1.54, 1.807) is 6.20 Å². The standard InChI is InChI=1S/C13H13N3O/c1-3-15-9(2)14-11-8-16(17)12-7-5-4-6-10(12)13(11)15/h4-8H,3H2,1-2H3. The second-order valence-corrected chi connectivity index (χ2v) is 4.11. The topological polar surface area (TPSA) is 44.8 Å². The highest BCUT2D eigenvalue weighted by Gasteiger charge is 2.15. The Kier molecular flexibility index (Phi) is 2.04. The zero-order valence-electron chi connectivity index (χ0n) is 9.84. The molecule has 0 saturated carbocycles. The van der Waals surface area contributed by atoms with Crippen molar-refractivity contribution in [3.8, 4) is 0 Å². The smallest absolute Gasteiger partial charge is 0.226 e. The molecule has 2 aromatic heterocycles. The van der Waals surface area contributed by atoms with Crippen molar-refractivity contribution < 1.29 is 4.73 Å². The van der Waals surface area contributed by atoms with E-state index < -0.39 is 0 Å². The van der Waals surface area contributed by atoms with E-state index in [1.807, 2.05) is 31.2 Å². The van der Waals surface area contributed by atoms with Crippen LogP contribution in [0.15, 0.2) is 30.5 Å². The van der Waals surface area contributed by atoms with Gasteiger partial charge in [0.1, 0.15) is 5.82 Å². The van der Waals surface area contributed by atoms with Crippen LogP contribution in [0.4, 0.5) is 0 Å². The van der Waals surface area contributed by atoms with E-state index in [9.17, 15) is 5.21 Å². The summed E-state index contributed by atoms with van der Waals surface area (Å²) in [5.41, 5.74) is 2.50. The van der Waals surface area contributed by atoms with Crippen LogP contribution in [-0.2, 0) is 6.54 Å². The lowest BCUT2D eigenvalue weighted by Crippen LogP contribution is -2.26. The minimum Gasteiger partial charge on any atom is -0.618 e. The zero-order chi connectivity index (χ0) is 12.0. The Morgan fingerprint density at radius 1 is 1.35 bits per heavy atom. The summed E-state index contributed by atoms with van der Waals surface area (Å²) in [6.07, 6.45) is 1.55. The third kappa shape index (κ3) is 1.30. The molecule has 2 heterocycles. The SMILES string of the molecule is CCn1c(C)nc2c[n+]([O-])c3ccccc3c21. The summed E-state index contributed by atoms with van der Waals surface area (Å²) in [7, 11) is 0. The summed E-state index contributed by atoms with van der Waals surface area (Å²) in [5.74, 6) is 0.943. The summed E-state index contributed by atoms with van der Waals surface area (Å²) < 4.78 is 3.03. The fourth-order valence-corrected chi connectivity index (χ4v) is 2.39. The highest BCUT2D eigenvalue weighted by atomic mass is 16.5. The predicted molar refractivity (Wildman–Crippen MR) is 66.6 cm³/mol. The van der Waals surface area contributed by atoms with Gasteiger partial charge >= 0.3 is 0 Å². The molecular weight excluding hydrogens is 214 g/mol. The first-order valence-corrected chi connectivity index (χ1v) is 5.70. The third-order valence-electron chi connectivity index (χ3n) is 3.14. The Hall–Kier alpha value is -2.10. The van der Waals surface area contributed by atoms with Crippen LogP contribution in [-0.4, -0.2) is 9.55 Å². The minimum absolute atomic E-state index is 0.689. The van der Waals surface area contributed by atoms with Crippen molar-refractivity contribution in [1.82, 2.24) is 9.55 Å². The number of nitrogens with zero attached hydrogens (tertiary/aromatic N) is 3. The van der Waals surface area contributed by atoms with E-state index in [1.165, 1.54) is 0 Å². The lowest BCUT2D eigenvalue weighted by molar-refractivity contribution is -0.575. The first-order chi connectivity index (χ1) is 8.22. The molecule has 1 aromatic carbocycles. The highest BCUT2D eigenvalue weighted by molar-refractivity contribution is 6.00. The van der Waals surface area contributed by atoms with Crippen molar-refractivity contribution in [2.24, 2.45) is 0 Å². The number of aryl methyl sites for hydroxylation is 2. The molecule has 0 aliphatic rings. The number of aromatic nitrogens is 3. The van der Waals surface area contributed by atoms with Gasteiger partial charge in [-0.05, 0) is 19.9 Å². The quantitative estimate of drug-likeness (QED) is 0.472. The van der Waals surface area contributed by atoms with Crippen molar-refractivity contribution in [2.75, 3.05) is 0 Å². The summed E-state index contributed by atoms with van der Waals surface area (Å²) >= 11 is 0. The Morgan fingerprint density at radius 3 is 2.88 bits per heavy atom. The monoisotopic (exact) mass is 227 g/mol. The largest absolute Gasteiger partial charge is 0.618 e. The van der Waals surface area contributed by atoms with Gasteiger partial charge in [0.05, 0.1) is 10.9 Å². The van der Waals surface area contributed by atoms with Crippen LogP contribution in [0.3, 0.4) is 0 Å². The molecule has 0 aliphatic heterocycles. The summed E-state index contributed by atoms with van der Waals surface area (Å²) in [6, 6.07) is 7.63. The van der Waals surface area contributed by atoms with Crippen LogP contribution in [0.5, 0.6) is 0 Å². The number of hydrogen-bond acceptors (Lipinski definition) is 2. The van der Waals surface area contributed by atoms with Gasteiger partial charge in [0.15, 0.2) is 5.52 Å². The van der Waals surface area contributed by atoms with Crippen LogP contribution in [0.1, 0.15) is 12.7 Å². The maximum Gasteiger partial charge on any atom is 0.226 e. The molecule has 0 N–H and O–H groups in total. The average molecular weight is 227 g/mol. The molecule has 0 radical (unpaired) electrons. The maximum absolute atomic E-state index is 11.9. The van der Waals surface area contributed by atoms with E-state index in [0.29, 0.717) is 5.52 Å². The van der Waals surface area contributed by atoms with Gasteiger partial charge in [-0.15, -0.1) is 0 Å². The number of fused-ring (bicyclic) bond motifs is 3. The van der Waals surface area contributed by atoms with Crippen LogP contribution < -0.4 is 4.73 Å². The van der Waals surface area contributed by atoms with Gasteiger partial charge in [0, 0.05) is 12.6 Å². The van der Waals surface area contributed by atoms with Crippen molar-refractivity contribution >= 4 is 21.9 Å². The van der Waals surface area contributed by atoms with Crippen molar-refractivity contribution in [3.05, 3.63) is 41.5 Å². The van der Waals surface area contributed by atoms with Gasteiger partial charge in [0.25, 0.3) is 0 Å². The molecule has 0 saturated heterocycles. The van der Waals surface area contributed by atoms with Crippen LogP contribution >= 0.6 is 0 Å². The van der Waals surface area contributed by atoms with E-state index in [-0.39, 0.29) is 0 Å². The number of pyridine rings is 1. The van der Waals surface area contributed by atoms with E-state index >= 15 is 0 Å². The second kappa shape index (κ2) is 3.45. The fourth-order valence-electron chi connectivity index (χ4n) is 2.39. The Labute approximate surface area is 98.7 Å². The van der Waals surface area contributed by atoms with Gasteiger partial charge in [-0.2, -0.15) is 4.73 Å². The van der Waals surface area contributed by atoms with Crippen LogP contribution in [0.2, 0.25) is 0 Å². The molecule has 0 atom stereocenters. The molecule has 0 fully saturated rings. The van der Waals surface area contributed by atoms with Crippen molar-refractivity contribution in [1.29, 1.82) is 0 Å². The van der Waals surface area contributed by atoms with Gasteiger partial charge in [0.2, 0.25) is 11.7 Å². The number of imidazole rings is 1. The lowest BCUT2D eigenvalue weighted by atomic mass is 10.2. The lowest BCUT2D eigenvalue weighted by Gasteiger charge is -2.05. The number of para-hydroxylation sites is 1. The summed E-state index contributed by atoms with van der Waals surface area (Å²) in [6.45, 7) is 4.91. The second-order valence-electron chi connectivity index (χ2n) is 4.11. The summed E-state index contributed by atoms with van der Waals surface area (Å²) in [4.78, 5) is 4.44. The molecule has 4 heteroatoms. The first-order valence-electron chi connectivity index (χ1n) is 5.70. The maximum atomic E-state index is 11.9. The molecule has 3 rings (SSSR count). The fraction of sp³-hybridized carbons (Fsp3) is 0.231. The highest BCUT2D eigenvalue weighted by Crippen LogP contribution is 2.23. The Bertz CT molecular complexity index is 715. The molecule has 86 valence electrons. The zero-order valence-corrected chi connectivity index (χ0v) is 9.84. The van der Waals surface area contributed by atoms with Gasteiger partial charge in [-0.25, -0.2) is 4.98 Å². The number of benzene rings is 1. The van der Waals surface area contributed by atoms with Crippen molar-refractivity contribution in [2.45, 2.75) is 20.4 Å². The number of rotatable bonds is 1. The predicted octanol–water partition coefficient (Wildman–Crippen LogP) is 2.15. The van der Waals surface area contributed by atoms with E-state index in [4.69, 9.17) is 0 Å². The number of hydrogen-bond donors (Lipinski definition) is 0. The van der Waals surface area contributed by atoms with Crippen LogP contribution in [0.25, 0.3) is 21.9 Å². The average Bonchev–Trinajstić information content (AvgIpc) is 2.65. The van der Waals surface area contributed by atoms with Crippen molar-refractivity contribution in [3.63, 3.8) is 0 Å². The molecular formula is C13H13N3O. The van der Waals surface area contributed by atoms with Gasteiger partial charge in [-0.3, -0.25) is 0 Å². The van der Waals surface area contributed by atoms with E-state index in [2.05, 4.69) is 16.5 Å². The minimum atomic E-state index is 0.689. The normalized spacial score (nSPS) is 11.4. The molecule has 0 aliphatic carbocycles. The van der Waals surface area contributed by atoms with E-state index in [0.717, 1.165) is 33.5 Å². The Morgan fingerprint density at radius 2 is 2.12 bits per heavy atom. The van der Waals surface area contributed by atoms with Gasteiger partial charge in [-0.1, -0.05) is 12.1 Å². The molecule has 0 spiro atoms. The molecule has 0 bridgehead atoms.